The van der Waals surface area contributed by atoms with Gasteiger partial charge in [-0.1, -0.05) is 24.3 Å². The minimum absolute atomic E-state index is 0.363. The highest BCUT2D eigenvalue weighted by Gasteiger charge is 2.05. The van der Waals surface area contributed by atoms with Gasteiger partial charge in [0.2, 0.25) is 0 Å². The van der Waals surface area contributed by atoms with Gasteiger partial charge in [0, 0.05) is 10.9 Å². The van der Waals surface area contributed by atoms with Gasteiger partial charge in [-0.3, -0.25) is 0 Å². The van der Waals surface area contributed by atoms with Crippen LogP contribution in [0.4, 0.5) is 0 Å². The molecule has 0 spiro atoms. The maximum Gasteiger partial charge on any atom is 0.110 e. The normalized spacial score (nSPS) is 12.1. The molecule has 2 rings (SSSR count). The topological polar surface area (TPSA) is 35.8 Å². The molecule has 17 heavy (non-hydrogen) atoms. The van der Waals surface area contributed by atoms with Gasteiger partial charge in [0.05, 0.1) is 0 Å². The van der Waals surface area contributed by atoms with Crippen molar-refractivity contribution in [3.05, 3.63) is 46.8 Å². The zero-order valence-electron chi connectivity index (χ0n) is 9.90. The summed E-state index contributed by atoms with van der Waals surface area (Å²) in [5, 5.41) is 12.0. The lowest BCUT2D eigenvalue weighted by atomic mass is 10.1. The molecule has 0 saturated carbocycles. The zero-order valence-corrected chi connectivity index (χ0v) is 10.7. The van der Waals surface area contributed by atoms with Gasteiger partial charge in [0.1, 0.15) is 10.9 Å². The molecule has 1 aromatic carbocycles. The Labute approximate surface area is 106 Å². The average molecular weight is 242 g/mol. The van der Waals surface area contributed by atoms with Crippen molar-refractivity contribution < 1.29 is 0 Å². The van der Waals surface area contributed by atoms with Gasteiger partial charge in [0.25, 0.3) is 0 Å². The number of benzene rings is 1. The van der Waals surface area contributed by atoms with Crippen LogP contribution in [-0.4, -0.2) is 7.05 Å². The summed E-state index contributed by atoms with van der Waals surface area (Å²) < 4.78 is 0. The van der Waals surface area contributed by atoms with E-state index in [4.69, 9.17) is 5.26 Å². The van der Waals surface area contributed by atoms with Crippen LogP contribution < -0.4 is 5.32 Å². The third kappa shape index (κ3) is 2.55. The zero-order chi connectivity index (χ0) is 12.3. The van der Waals surface area contributed by atoms with Crippen molar-refractivity contribution >= 4 is 11.3 Å². The molecule has 1 atom stereocenters. The van der Waals surface area contributed by atoms with Crippen LogP contribution in [0.25, 0.3) is 10.4 Å². The second-order valence-corrected chi connectivity index (χ2v) is 4.99. The van der Waals surface area contributed by atoms with Crippen LogP contribution in [0.15, 0.2) is 36.4 Å². The fraction of sp³-hybridized carbons (Fsp3) is 0.214. The Bertz CT molecular complexity index is 534. The molecule has 3 heteroatoms. The van der Waals surface area contributed by atoms with E-state index in [1.807, 2.05) is 19.2 Å². The summed E-state index contributed by atoms with van der Waals surface area (Å²) in [5.41, 5.74) is 2.44. The maximum absolute atomic E-state index is 8.80. The Kier molecular flexibility index (Phi) is 3.58. The molecule has 0 aliphatic heterocycles. The van der Waals surface area contributed by atoms with Crippen molar-refractivity contribution in [1.29, 1.82) is 5.26 Å². The maximum atomic E-state index is 8.80. The van der Waals surface area contributed by atoms with E-state index >= 15 is 0 Å². The van der Waals surface area contributed by atoms with Crippen molar-refractivity contribution in [3.8, 4) is 16.5 Å². The van der Waals surface area contributed by atoms with E-state index in [0.29, 0.717) is 6.04 Å². The standard InChI is InChI=1S/C14H14N2S/c1-10(16-2)11-3-5-12(6-4-11)14-8-7-13(9-15)17-14/h3-8,10,16H,1-2H3. The van der Waals surface area contributed by atoms with E-state index in [9.17, 15) is 0 Å². The van der Waals surface area contributed by atoms with Gasteiger partial charge in [0.15, 0.2) is 0 Å². The molecule has 0 saturated heterocycles. The molecule has 0 bridgehead atoms. The first-order chi connectivity index (χ1) is 8.24. The summed E-state index contributed by atoms with van der Waals surface area (Å²) in [5.74, 6) is 0. The van der Waals surface area contributed by atoms with Gasteiger partial charge in [-0.25, -0.2) is 0 Å². The van der Waals surface area contributed by atoms with Gasteiger partial charge in [-0.05, 0) is 37.2 Å². The molecule has 0 aliphatic carbocycles. The molecule has 0 amide bonds. The number of nitrogens with zero attached hydrogens (tertiary/aromatic N) is 1. The fourth-order valence-electron chi connectivity index (χ4n) is 1.66. The van der Waals surface area contributed by atoms with E-state index in [-0.39, 0.29) is 0 Å². The monoisotopic (exact) mass is 242 g/mol. The van der Waals surface area contributed by atoms with Crippen molar-refractivity contribution in [3.63, 3.8) is 0 Å². The molecule has 1 aromatic heterocycles. The van der Waals surface area contributed by atoms with Crippen LogP contribution in [0.3, 0.4) is 0 Å². The lowest BCUT2D eigenvalue weighted by Crippen LogP contribution is -2.11. The minimum atomic E-state index is 0.363. The molecule has 0 aliphatic rings. The summed E-state index contributed by atoms with van der Waals surface area (Å²) in [6.07, 6.45) is 0. The number of hydrogen-bond donors (Lipinski definition) is 1. The van der Waals surface area contributed by atoms with Gasteiger partial charge >= 0.3 is 0 Å². The minimum Gasteiger partial charge on any atom is -0.313 e. The summed E-state index contributed by atoms with van der Waals surface area (Å²) in [6, 6.07) is 14.9. The number of nitriles is 1. The summed E-state index contributed by atoms with van der Waals surface area (Å²) in [4.78, 5) is 1.90. The lowest BCUT2D eigenvalue weighted by molar-refractivity contribution is 0.652. The van der Waals surface area contributed by atoms with E-state index < -0.39 is 0 Å². The highest BCUT2D eigenvalue weighted by atomic mass is 32.1. The number of thiophene rings is 1. The smallest absolute Gasteiger partial charge is 0.110 e. The molecule has 1 unspecified atom stereocenters. The summed E-state index contributed by atoms with van der Waals surface area (Å²) >= 11 is 1.53. The van der Waals surface area contributed by atoms with E-state index in [0.717, 1.165) is 9.75 Å². The molecule has 0 radical (unpaired) electrons. The van der Waals surface area contributed by atoms with Crippen LogP contribution >= 0.6 is 11.3 Å². The summed E-state index contributed by atoms with van der Waals surface area (Å²) in [7, 11) is 1.96. The predicted octanol–water partition coefficient (Wildman–Crippen LogP) is 3.57. The van der Waals surface area contributed by atoms with Crippen molar-refractivity contribution in [1.82, 2.24) is 5.32 Å². The molecule has 86 valence electrons. The van der Waals surface area contributed by atoms with E-state index in [2.05, 4.69) is 42.6 Å². The first-order valence-electron chi connectivity index (χ1n) is 5.52. The molecule has 1 heterocycles. The van der Waals surface area contributed by atoms with Crippen molar-refractivity contribution in [2.45, 2.75) is 13.0 Å². The Morgan fingerprint density at radius 1 is 1.18 bits per heavy atom. The molecular formula is C14H14N2S. The highest BCUT2D eigenvalue weighted by molar-refractivity contribution is 7.16. The quantitative estimate of drug-likeness (QED) is 0.893. The van der Waals surface area contributed by atoms with Gasteiger partial charge in [-0.2, -0.15) is 5.26 Å². The number of rotatable bonds is 3. The number of nitrogens with one attached hydrogen (secondary N) is 1. The van der Waals surface area contributed by atoms with Crippen molar-refractivity contribution in [2.24, 2.45) is 0 Å². The molecule has 1 N–H and O–H groups in total. The molecular weight excluding hydrogens is 228 g/mol. The van der Waals surface area contributed by atoms with Crippen LogP contribution in [-0.2, 0) is 0 Å². The fourth-order valence-corrected chi connectivity index (χ4v) is 2.46. The lowest BCUT2D eigenvalue weighted by Gasteiger charge is -2.10. The Morgan fingerprint density at radius 3 is 2.41 bits per heavy atom. The largest absolute Gasteiger partial charge is 0.313 e. The summed E-state index contributed by atoms with van der Waals surface area (Å²) in [6.45, 7) is 2.13. The SMILES string of the molecule is CNC(C)c1ccc(-c2ccc(C#N)s2)cc1. The Morgan fingerprint density at radius 2 is 1.88 bits per heavy atom. The van der Waals surface area contributed by atoms with Crippen LogP contribution in [0, 0.1) is 11.3 Å². The second-order valence-electron chi connectivity index (χ2n) is 3.91. The van der Waals surface area contributed by atoms with Crippen LogP contribution in [0.1, 0.15) is 23.4 Å². The van der Waals surface area contributed by atoms with Crippen molar-refractivity contribution in [2.75, 3.05) is 7.05 Å². The first-order valence-corrected chi connectivity index (χ1v) is 6.34. The molecule has 2 nitrogen and oxygen atoms in total. The Balaban J connectivity index is 2.26. The van der Waals surface area contributed by atoms with Crippen LogP contribution in [0.2, 0.25) is 0 Å². The number of hydrogen-bond acceptors (Lipinski definition) is 3. The first kappa shape index (κ1) is 11.8. The second kappa shape index (κ2) is 5.13. The van der Waals surface area contributed by atoms with Gasteiger partial charge in [-0.15, -0.1) is 11.3 Å². The molecule has 2 aromatic rings. The average Bonchev–Trinajstić information content (AvgIpc) is 2.87. The predicted molar refractivity (Wildman–Crippen MR) is 71.9 cm³/mol. The highest BCUT2D eigenvalue weighted by Crippen LogP contribution is 2.28. The third-order valence-corrected chi connectivity index (χ3v) is 3.88. The molecule has 0 fully saturated rings. The van der Waals surface area contributed by atoms with E-state index in [1.165, 1.54) is 22.5 Å². The van der Waals surface area contributed by atoms with Crippen LogP contribution in [0.5, 0.6) is 0 Å². The van der Waals surface area contributed by atoms with E-state index in [1.54, 1.807) is 0 Å². The van der Waals surface area contributed by atoms with Gasteiger partial charge < -0.3 is 5.32 Å². The third-order valence-electron chi connectivity index (χ3n) is 2.84. The Hall–Kier alpha value is -1.63.